The molecule has 4 aromatic rings. The predicted molar refractivity (Wildman–Crippen MR) is 124 cm³/mol. The van der Waals surface area contributed by atoms with E-state index >= 15 is 0 Å². The molecule has 32 heavy (non-hydrogen) atoms. The maximum atomic E-state index is 5.65. The van der Waals surface area contributed by atoms with Crippen LogP contribution in [0, 0.1) is 0 Å². The predicted octanol–water partition coefficient (Wildman–Crippen LogP) is 3.65. The molecule has 3 aromatic heterocycles. The average Bonchev–Trinajstić information content (AvgIpc) is 3.21. The number of methoxy groups -OCH3 is 1. The van der Waals surface area contributed by atoms with E-state index in [1.165, 1.54) is 0 Å². The fourth-order valence-electron chi connectivity index (χ4n) is 3.47. The Kier molecular flexibility index (Phi) is 5.65. The standard InChI is InChI=1S/C23H23N7O2/c1-31-11-12-32-18-8-10-25-22(14-18)26-21-7-6-20-23(27-21)30(29-28-20)15-16-4-5-19-17(13-16)3-2-9-24-19/h2-10,13-14,28-29H,11-12,15H2,1H3,(H,25,26,27). The van der Waals surface area contributed by atoms with E-state index in [4.69, 9.17) is 14.5 Å². The van der Waals surface area contributed by atoms with Crippen molar-refractivity contribution in [3.8, 4) is 5.75 Å². The number of ether oxygens (including phenoxy) is 2. The van der Waals surface area contributed by atoms with E-state index in [0.29, 0.717) is 31.4 Å². The number of hydrazine groups is 2. The number of fused-ring (bicyclic) bond motifs is 2. The molecule has 1 aromatic carbocycles. The number of benzene rings is 1. The maximum Gasteiger partial charge on any atom is 0.171 e. The van der Waals surface area contributed by atoms with Gasteiger partial charge in [-0.25, -0.2) is 9.97 Å². The summed E-state index contributed by atoms with van der Waals surface area (Å²) < 4.78 is 10.7. The molecule has 0 fully saturated rings. The Balaban J connectivity index is 1.31. The Hall–Kier alpha value is -3.95. The van der Waals surface area contributed by atoms with E-state index in [1.54, 1.807) is 19.5 Å². The first-order chi connectivity index (χ1) is 15.8. The van der Waals surface area contributed by atoms with Gasteiger partial charge in [-0.1, -0.05) is 12.1 Å². The molecule has 0 radical (unpaired) electrons. The molecule has 162 valence electrons. The molecule has 0 saturated carbocycles. The van der Waals surface area contributed by atoms with Crippen LogP contribution in [0.1, 0.15) is 5.56 Å². The van der Waals surface area contributed by atoms with E-state index < -0.39 is 0 Å². The van der Waals surface area contributed by atoms with E-state index in [0.717, 1.165) is 33.7 Å². The maximum absolute atomic E-state index is 5.65. The van der Waals surface area contributed by atoms with Gasteiger partial charge in [0.15, 0.2) is 5.82 Å². The fraction of sp³-hybridized carbons (Fsp3) is 0.174. The van der Waals surface area contributed by atoms with Gasteiger partial charge in [-0.05, 0) is 42.0 Å². The molecule has 4 heterocycles. The van der Waals surface area contributed by atoms with E-state index in [9.17, 15) is 0 Å². The second kappa shape index (κ2) is 9.04. The largest absolute Gasteiger partial charge is 0.491 e. The van der Waals surface area contributed by atoms with Crippen molar-refractivity contribution in [2.45, 2.75) is 6.54 Å². The molecule has 3 N–H and O–H groups in total. The Bertz CT molecular complexity index is 1230. The lowest BCUT2D eigenvalue weighted by atomic mass is 10.1. The highest BCUT2D eigenvalue weighted by Crippen LogP contribution is 2.30. The number of pyridine rings is 3. The van der Waals surface area contributed by atoms with Gasteiger partial charge in [0, 0.05) is 31.0 Å². The van der Waals surface area contributed by atoms with Crippen LogP contribution in [0.5, 0.6) is 5.75 Å². The van der Waals surface area contributed by atoms with Crippen LogP contribution in [-0.4, -0.2) is 35.3 Å². The van der Waals surface area contributed by atoms with Gasteiger partial charge < -0.3 is 20.2 Å². The summed E-state index contributed by atoms with van der Waals surface area (Å²) in [7, 11) is 1.65. The quantitative estimate of drug-likeness (QED) is 0.363. The zero-order valence-electron chi connectivity index (χ0n) is 17.6. The highest BCUT2D eigenvalue weighted by Gasteiger charge is 2.21. The van der Waals surface area contributed by atoms with Crippen molar-refractivity contribution in [1.82, 2.24) is 20.5 Å². The first-order valence-electron chi connectivity index (χ1n) is 10.3. The highest BCUT2D eigenvalue weighted by molar-refractivity contribution is 5.79. The van der Waals surface area contributed by atoms with Gasteiger partial charge in [-0.3, -0.25) is 9.99 Å². The van der Waals surface area contributed by atoms with Crippen LogP contribution in [-0.2, 0) is 11.3 Å². The summed E-state index contributed by atoms with van der Waals surface area (Å²) in [6.45, 7) is 1.65. The molecular formula is C23H23N7O2. The summed E-state index contributed by atoms with van der Waals surface area (Å²) in [4.78, 5) is 13.5. The third-order valence-corrected chi connectivity index (χ3v) is 5.01. The molecule has 1 aliphatic rings. The van der Waals surface area contributed by atoms with Gasteiger partial charge in [-0.15, -0.1) is 5.53 Å². The van der Waals surface area contributed by atoms with Crippen LogP contribution in [0.2, 0.25) is 0 Å². The number of rotatable bonds is 8. The summed E-state index contributed by atoms with van der Waals surface area (Å²) in [6.07, 6.45) is 3.50. The molecule has 0 aliphatic carbocycles. The van der Waals surface area contributed by atoms with Gasteiger partial charge >= 0.3 is 0 Å². The Morgan fingerprint density at radius 2 is 1.94 bits per heavy atom. The Morgan fingerprint density at radius 1 is 0.969 bits per heavy atom. The highest BCUT2D eigenvalue weighted by atomic mass is 16.5. The normalized spacial score (nSPS) is 12.5. The molecular weight excluding hydrogens is 406 g/mol. The lowest BCUT2D eigenvalue weighted by molar-refractivity contribution is 0.146. The van der Waals surface area contributed by atoms with Crippen molar-refractivity contribution in [3.05, 3.63) is 72.6 Å². The summed E-state index contributed by atoms with van der Waals surface area (Å²) in [5, 5.41) is 6.33. The van der Waals surface area contributed by atoms with Gasteiger partial charge in [0.05, 0.1) is 24.4 Å². The summed E-state index contributed by atoms with van der Waals surface area (Å²) in [6, 6.07) is 17.8. The molecule has 5 rings (SSSR count). The van der Waals surface area contributed by atoms with Gasteiger partial charge in [0.1, 0.15) is 24.0 Å². The van der Waals surface area contributed by atoms with Crippen molar-refractivity contribution in [2.24, 2.45) is 0 Å². The van der Waals surface area contributed by atoms with E-state index in [2.05, 4.69) is 44.4 Å². The molecule has 0 saturated heterocycles. The number of nitrogens with zero attached hydrogens (tertiary/aromatic N) is 4. The lowest BCUT2D eigenvalue weighted by Crippen LogP contribution is -2.35. The van der Waals surface area contributed by atoms with Crippen LogP contribution < -0.4 is 26.0 Å². The minimum atomic E-state index is 0.480. The smallest absolute Gasteiger partial charge is 0.171 e. The van der Waals surface area contributed by atoms with Crippen molar-refractivity contribution >= 4 is 34.0 Å². The first-order valence-corrected chi connectivity index (χ1v) is 10.3. The molecule has 0 amide bonds. The van der Waals surface area contributed by atoms with Gasteiger partial charge in [0.25, 0.3) is 0 Å². The molecule has 0 atom stereocenters. The number of aromatic nitrogens is 3. The number of hydrogen-bond donors (Lipinski definition) is 3. The van der Waals surface area contributed by atoms with Gasteiger partial charge in [-0.2, -0.15) is 0 Å². The van der Waals surface area contributed by atoms with E-state index in [-0.39, 0.29) is 0 Å². The molecule has 0 bridgehead atoms. The number of nitrogens with one attached hydrogen (secondary N) is 3. The zero-order valence-corrected chi connectivity index (χ0v) is 17.6. The van der Waals surface area contributed by atoms with Crippen LogP contribution >= 0.6 is 0 Å². The lowest BCUT2D eigenvalue weighted by Gasteiger charge is -2.18. The second-order valence-corrected chi connectivity index (χ2v) is 7.26. The van der Waals surface area contributed by atoms with Crippen LogP contribution in [0.25, 0.3) is 10.9 Å². The molecule has 0 spiro atoms. The summed E-state index contributed by atoms with van der Waals surface area (Å²) in [5.41, 5.74) is 9.37. The molecule has 9 heteroatoms. The average molecular weight is 429 g/mol. The van der Waals surface area contributed by atoms with Crippen molar-refractivity contribution in [3.63, 3.8) is 0 Å². The summed E-state index contributed by atoms with van der Waals surface area (Å²) in [5.74, 6) is 2.86. The Morgan fingerprint density at radius 3 is 2.88 bits per heavy atom. The first kappa shape index (κ1) is 20.0. The Labute approximate surface area is 185 Å². The zero-order chi connectivity index (χ0) is 21.8. The summed E-state index contributed by atoms with van der Waals surface area (Å²) >= 11 is 0. The molecule has 9 nitrogen and oxygen atoms in total. The van der Waals surface area contributed by atoms with Crippen molar-refractivity contribution < 1.29 is 9.47 Å². The fourth-order valence-corrected chi connectivity index (χ4v) is 3.47. The van der Waals surface area contributed by atoms with Crippen LogP contribution in [0.4, 0.5) is 23.1 Å². The SMILES string of the molecule is COCCOc1ccnc(Nc2ccc3c(n2)N(Cc2ccc4ncccc4c2)NN3)c1. The number of anilines is 4. The minimum absolute atomic E-state index is 0.480. The van der Waals surface area contributed by atoms with Crippen molar-refractivity contribution in [1.29, 1.82) is 0 Å². The monoisotopic (exact) mass is 429 g/mol. The third kappa shape index (κ3) is 4.39. The molecule has 0 unspecified atom stereocenters. The van der Waals surface area contributed by atoms with Crippen molar-refractivity contribution in [2.75, 3.05) is 36.1 Å². The third-order valence-electron chi connectivity index (χ3n) is 5.01. The van der Waals surface area contributed by atoms with E-state index in [1.807, 2.05) is 41.4 Å². The molecule has 1 aliphatic heterocycles. The van der Waals surface area contributed by atoms with Crippen LogP contribution in [0.15, 0.2) is 67.0 Å². The second-order valence-electron chi connectivity index (χ2n) is 7.26. The number of hydrogen-bond acceptors (Lipinski definition) is 9. The van der Waals surface area contributed by atoms with Gasteiger partial charge in [0.2, 0.25) is 0 Å². The minimum Gasteiger partial charge on any atom is -0.491 e. The van der Waals surface area contributed by atoms with Crippen LogP contribution in [0.3, 0.4) is 0 Å². The topological polar surface area (TPSA) is 96.5 Å².